The molecule has 0 saturated carbocycles. The van der Waals surface area contributed by atoms with Crippen molar-refractivity contribution in [3.8, 4) is 0 Å². The van der Waals surface area contributed by atoms with Crippen molar-refractivity contribution >= 4 is 17.8 Å². The van der Waals surface area contributed by atoms with E-state index in [4.69, 9.17) is 0 Å². The molecule has 2 amide bonds. The zero-order chi connectivity index (χ0) is 19.6. The first kappa shape index (κ1) is 20.2. The third-order valence-corrected chi connectivity index (χ3v) is 4.34. The van der Waals surface area contributed by atoms with E-state index in [0.29, 0.717) is 18.4 Å². The number of aryl methyl sites for hydroxylation is 1. The summed E-state index contributed by atoms with van der Waals surface area (Å²) in [4.78, 5) is 36.2. The molecule has 0 spiro atoms. The molecule has 6 heteroatoms. The van der Waals surface area contributed by atoms with E-state index in [1.807, 2.05) is 36.4 Å². The second kappa shape index (κ2) is 10.1. The van der Waals surface area contributed by atoms with E-state index in [0.717, 1.165) is 5.56 Å². The number of likely N-dealkylation sites (N-methyl/N-ethyl adjacent to an activating group) is 1. The maximum atomic E-state index is 12.7. The van der Waals surface area contributed by atoms with Gasteiger partial charge in [0.1, 0.15) is 6.04 Å². The fourth-order valence-corrected chi connectivity index (χ4v) is 2.87. The van der Waals surface area contributed by atoms with E-state index in [9.17, 15) is 19.5 Å². The van der Waals surface area contributed by atoms with Gasteiger partial charge in [0.15, 0.2) is 0 Å². The third kappa shape index (κ3) is 6.26. The van der Waals surface area contributed by atoms with Crippen LogP contribution in [0.2, 0.25) is 0 Å². The van der Waals surface area contributed by atoms with Gasteiger partial charge in [-0.15, -0.1) is 0 Å². The van der Waals surface area contributed by atoms with Crippen molar-refractivity contribution in [2.75, 3.05) is 7.05 Å². The highest BCUT2D eigenvalue weighted by molar-refractivity contribution is 5.90. The van der Waals surface area contributed by atoms with Gasteiger partial charge in [-0.05, 0) is 24.0 Å². The lowest BCUT2D eigenvalue weighted by molar-refractivity contribution is -0.141. The predicted octanol–water partition coefficient (Wildman–Crippen LogP) is 2.31. The highest BCUT2D eigenvalue weighted by Gasteiger charge is 2.27. The van der Waals surface area contributed by atoms with Crippen LogP contribution in [0.1, 0.15) is 30.0 Å². The third-order valence-electron chi connectivity index (χ3n) is 4.34. The van der Waals surface area contributed by atoms with Crippen LogP contribution in [0.25, 0.3) is 0 Å². The minimum atomic E-state index is -1.04. The van der Waals surface area contributed by atoms with Gasteiger partial charge in [-0.1, -0.05) is 60.7 Å². The van der Waals surface area contributed by atoms with Crippen LogP contribution in [0.5, 0.6) is 0 Å². The molecule has 6 nitrogen and oxygen atoms in total. The lowest BCUT2D eigenvalue weighted by atomic mass is 9.94. The Bertz CT molecular complexity index is 762. The number of benzene rings is 2. The molecule has 0 aliphatic carbocycles. The summed E-state index contributed by atoms with van der Waals surface area (Å²) in [5, 5.41) is 14.4. The highest BCUT2D eigenvalue weighted by atomic mass is 16.4. The highest BCUT2D eigenvalue weighted by Crippen LogP contribution is 2.18. The van der Waals surface area contributed by atoms with Crippen molar-refractivity contribution in [1.29, 1.82) is 0 Å². The Kier molecular flexibility index (Phi) is 7.55. The first-order valence-electron chi connectivity index (χ1n) is 8.84. The van der Waals surface area contributed by atoms with Crippen LogP contribution in [0.3, 0.4) is 0 Å². The molecule has 0 radical (unpaired) electrons. The van der Waals surface area contributed by atoms with E-state index in [1.54, 1.807) is 24.3 Å². The Balaban J connectivity index is 2.12. The van der Waals surface area contributed by atoms with Crippen molar-refractivity contribution in [3.63, 3.8) is 0 Å². The summed E-state index contributed by atoms with van der Waals surface area (Å²) in [6.45, 7) is 0. The summed E-state index contributed by atoms with van der Waals surface area (Å²) >= 11 is 0. The van der Waals surface area contributed by atoms with Crippen molar-refractivity contribution < 1.29 is 19.5 Å². The van der Waals surface area contributed by atoms with Crippen LogP contribution < -0.4 is 10.6 Å². The van der Waals surface area contributed by atoms with Crippen molar-refractivity contribution in [3.05, 3.63) is 71.8 Å². The average molecular weight is 368 g/mol. The van der Waals surface area contributed by atoms with Crippen molar-refractivity contribution in [2.45, 2.75) is 25.3 Å². The van der Waals surface area contributed by atoms with Gasteiger partial charge in [-0.25, -0.2) is 0 Å². The maximum Gasteiger partial charge on any atom is 0.304 e. The Morgan fingerprint density at radius 3 is 2.07 bits per heavy atom. The summed E-state index contributed by atoms with van der Waals surface area (Å²) in [5.41, 5.74) is 1.67. The van der Waals surface area contributed by atoms with Crippen LogP contribution >= 0.6 is 0 Å². The molecule has 142 valence electrons. The smallest absolute Gasteiger partial charge is 0.304 e. The van der Waals surface area contributed by atoms with Crippen molar-refractivity contribution in [2.24, 2.45) is 5.92 Å². The van der Waals surface area contributed by atoms with Gasteiger partial charge in [0.25, 0.3) is 0 Å². The summed E-state index contributed by atoms with van der Waals surface area (Å²) in [7, 11) is 1.49. The number of nitrogens with one attached hydrogen (secondary N) is 2. The van der Waals surface area contributed by atoms with Crippen LogP contribution in [-0.2, 0) is 20.8 Å². The number of carboxylic acid groups (broad SMARTS) is 1. The molecule has 0 bridgehead atoms. The molecular formula is C21H24N2O4. The SMILES string of the molecule is CNC(=O)[C@@H](NC(=O)[C@H](CCc1ccccc1)CC(=O)O)c1ccccc1. The fourth-order valence-electron chi connectivity index (χ4n) is 2.87. The largest absolute Gasteiger partial charge is 0.481 e. The topological polar surface area (TPSA) is 95.5 Å². The molecule has 0 saturated heterocycles. The number of carboxylic acids is 1. The molecule has 2 rings (SSSR count). The summed E-state index contributed by atoms with van der Waals surface area (Å²) < 4.78 is 0. The Hall–Kier alpha value is -3.15. The Labute approximate surface area is 158 Å². The second-order valence-corrected chi connectivity index (χ2v) is 6.29. The van der Waals surface area contributed by atoms with Gasteiger partial charge < -0.3 is 15.7 Å². The van der Waals surface area contributed by atoms with E-state index in [2.05, 4.69) is 10.6 Å². The molecule has 2 atom stereocenters. The van der Waals surface area contributed by atoms with Crippen LogP contribution in [0, 0.1) is 5.92 Å². The normalized spacial score (nSPS) is 12.6. The van der Waals surface area contributed by atoms with E-state index >= 15 is 0 Å². The van der Waals surface area contributed by atoms with E-state index in [1.165, 1.54) is 7.05 Å². The molecule has 0 aliphatic rings. The Morgan fingerprint density at radius 1 is 0.926 bits per heavy atom. The first-order valence-corrected chi connectivity index (χ1v) is 8.84. The summed E-state index contributed by atoms with van der Waals surface area (Å²) in [5.74, 6) is -2.56. The molecule has 0 fully saturated rings. The predicted molar refractivity (Wildman–Crippen MR) is 102 cm³/mol. The first-order chi connectivity index (χ1) is 13.0. The maximum absolute atomic E-state index is 12.7. The van der Waals surface area contributed by atoms with Gasteiger partial charge in [-0.3, -0.25) is 14.4 Å². The minimum absolute atomic E-state index is 0.284. The fraction of sp³-hybridized carbons (Fsp3) is 0.286. The molecule has 2 aromatic rings. The zero-order valence-corrected chi connectivity index (χ0v) is 15.2. The molecule has 0 unspecified atom stereocenters. The number of hydrogen-bond donors (Lipinski definition) is 3. The Morgan fingerprint density at radius 2 is 1.52 bits per heavy atom. The average Bonchev–Trinajstić information content (AvgIpc) is 2.69. The standard InChI is InChI=1S/C21H24N2O4/c1-22-21(27)19(16-10-6-3-7-11-16)23-20(26)17(14-18(24)25)13-12-15-8-4-2-5-9-15/h2-11,17,19H,12-14H2,1H3,(H,22,27)(H,23,26)(H,24,25)/t17-,19+/m1/s1. The number of carbonyl (C=O) groups is 3. The van der Waals surface area contributed by atoms with Gasteiger partial charge in [0, 0.05) is 13.0 Å². The van der Waals surface area contributed by atoms with Crippen LogP contribution in [-0.4, -0.2) is 29.9 Å². The van der Waals surface area contributed by atoms with Gasteiger partial charge in [0.2, 0.25) is 11.8 Å². The number of amides is 2. The number of aliphatic carboxylic acids is 1. The van der Waals surface area contributed by atoms with Crippen molar-refractivity contribution in [1.82, 2.24) is 10.6 Å². The number of rotatable bonds is 9. The molecule has 0 aliphatic heterocycles. The van der Waals surface area contributed by atoms with Gasteiger partial charge in [0.05, 0.1) is 6.42 Å². The molecule has 2 aromatic carbocycles. The molecular weight excluding hydrogens is 344 g/mol. The quantitative estimate of drug-likeness (QED) is 0.633. The number of hydrogen-bond acceptors (Lipinski definition) is 3. The molecule has 0 heterocycles. The summed E-state index contributed by atoms with van der Waals surface area (Å²) in [6.07, 6.45) is 0.688. The van der Waals surface area contributed by atoms with E-state index in [-0.39, 0.29) is 12.3 Å². The lowest BCUT2D eigenvalue weighted by Gasteiger charge is -2.21. The van der Waals surface area contributed by atoms with Gasteiger partial charge >= 0.3 is 5.97 Å². The minimum Gasteiger partial charge on any atom is -0.481 e. The monoisotopic (exact) mass is 368 g/mol. The van der Waals surface area contributed by atoms with Gasteiger partial charge in [-0.2, -0.15) is 0 Å². The van der Waals surface area contributed by atoms with E-state index < -0.39 is 23.8 Å². The summed E-state index contributed by atoms with van der Waals surface area (Å²) in [6, 6.07) is 17.6. The zero-order valence-electron chi connectivity index (χ0n) is 15.2. The molecule has 0 aromatic heterocycles. The second-order valence-electron chi connectivity index (χ2n) is 6.29. The lowest BCUT2D eigenvalue weighted by Crippen LogP contribution is -2.42. The van der Waals surface area contributed by atoms with Crippen LogP contribution in [0.4, 0.5) is 0 Å². The van der Waals surface area contributed by atoms with Crippen LogP contribution in [0.15, 0.2) is 60.7 Å². The molecule has 3 N–H and O–H groups in total. The number of carbonyl (C=O) groups excluding carboxylic acids is 2. The molecule has 27 heavy (non-hydrogen) atoms.